The lowest BCUT2D eigenvalue weighted by Crippen LogP contribution is -1.99. The first-order chi connectivity index (χ1) is 14.0. The van der Waals surface area contributed by atoms with Gasteiger partial charge in [-0.1, -0.05) is 109 Å². The van der Waals surface area contributed by atoms with Crippen molar-refractivity contribution in [1.29, 1.82) is 0 Å². The summed E-state index contributed by atoms with van der Waals surface area (Å²) < 4.78 is 0. The van der Waals surface area contributed by atoms with Crippen LogP contribution in [-0.2, 0) is 0 Å². The Kier molecular flexibility index (Phi) is 20.5. The molecule has 0 saturated carbocycles. The van der Waals surface area contributed by atoms with E-state index in [1.807, 2.05) is 0 Å². The van der Waals surface area contributed by atoms with Crippen LogP contribution >= 0.6 is 12.6 Å². The van der Waals surface area contributed by atoms with Crippen LogP contribution in [0.1, 0.15) is 124 Å². The lowest BCUT2D eigenvalue weighted by atomic mass is 9.93. The molecule has 0 saturated heterocycles. The van der Waals surface area contributed by atoms with Crippen molar-refractivity contribution in [3.63, 3.8) is 0 Å². The van der Waals surface area contributed by atoms with E-state index in [1.54, 1.807) is 0 Å². The highest BCUT2D eigenvalue weighted by molar-refractivity contribution is 7.80. The van der Waals surface area contributed by atoms with E-state index in [0.717, 1.165) is 37.5 Å². The third-order valence-electron chi connectivity index (χ3n) is 5.72. The molecule has 0 aromatic carbocycles. The van der Waals surface area contributed by atoms with E-state index in [1.165, 1.54) is 76.2 Å². The highest BCUT2D eigenvalue weighted by atomic mass is 32.1. The second-order valence-corrected chi connectivity index (χ2v) is 10.3. The molecule has 0 nitrogen and oxygen atoms in total. The lowest BCUT2D eigenvalue weighted by molar-refractivity contribution is 0.397. The van der Waals surface area contributed by atoms with Crippen LogP contribution in [0, 0.1) is 11.8 Å². The monoisotopic (exact) mass is 420 g/mol. The van der Waals surface area contributed by atoms with Gasteiger partial charge in [-0.15, -0.1) is 0 Å². The maximum absolute atomic E-state index is 4.55. The Balaban J connectivity index is 3.37. The van der Waals surface area contributed by atoms with Gasteiger partial charge in [0.05, 0.1) is 0 Å². The van der Waals surface area contributed by atoms with Gasteiger partial charge in [0, 0.05) is 5.25 Å². The Labute approximate surface area is 190 Å². The van der Waals surface area contributed by atoms with Gasteiger partial charge in [-0.05, 0) is 63.2 Å². The molecule has 0 fully saturated rings. The number of thiol groups is 1. The number of rotatable bonds is 20. The van der Waals surface area contributed by atoms with E-state index in [9.17, 15) is 0 Å². The van der Waals surface area contributed by atoms with E-state index < -0.39 is 0 Å². The summed E-state index contributed by atoms with van der Waals surface area (Å²) in [5.41, 5.74) is 1.36. The van der Waals surface area contributed by atoms with E-state index in [2.05, 4.69) is 71.2 Å². The molecule has 0 aliphatic heterocycles. The Morgan fingerprint density at radius 2 is 1.38 bits per heavy atom. The largest absolute Gasteiger partial charge is 0.176 e. The fourth-order valence-electron chi connectivity index (χ4n) is 3.96. The van der Waals surface area contributed by atoms with Crippen LogP contribution in [0.4, 0.5) is 0 Å². The predicted molar refractivity (Wildman–Crippen MR) is 139 cm³/mol. The Hall–Kier alpha value is -0.430. The molecule has 0 aliphatic carbocycles. The Morgan fingerprint density at radius 1 is 0.828 bits per heavy atom. The van der Waals surface area contributed by atoms with Crippen LogP contribution in [0.3, 0.4) is 0 Å². The van der Waals surface area contributed by atoms with Crippen LogP contribution in [-0.4, -0.2) is 5.25 Å². The molecule has 29 heavy (non-hydrogen) atoms. The van der Waals surface area contributed by atoms with Gasteiger partial charge >= 0.3 is 0 Å². The normalized spacial score (nSPS) is 14.3. The minimum Gasteiger partial charge on any atom is -0.176 e. The van der Waals surface area contributed by atoms with Crippen LogP contribution in [0.25, 0.3) is 0 Å². The van der Waals surface area contributed by atoms with Crippen LogP contribution in [0.2, 0.25) is 0 Å². The minimum absolute atomic E-state index is 0.490. The first-order valence-corrected chi connectivity index (χ1v) is 13.1. The Bertz CT molecular complexity index is 418. The first-order valence-electron chi connectivity index (χ1n) is 12.6. The average molecular weight is 421 g/mol. The average Bonchev–Trinajstić information content (AvgIpc) is 2.66. The highest BCUT2D eigenvalue weighted by Gasteiger charge is 2.04. The lowest BCUT2D eigenvalue weighted by Gasteiger charge is -2.13. The van der Waals surface area contributed by atoms with E-state index in [-0.39, 0.29) is 0 Å². The van der Waals surface area contributed by atoms with Crippen molar-refractivity contribution in [3.05, 3.63) is 36.5 Å². The van der Waals surface area contributed by atoms with E-state index in [4.69, 9.17) is 0 Å². The maximum atomic E-state index is 4.55. The summed E-state index contributed by atoms with van der Waals surface area (Å²) >= 11 is 4.55. The molecule has 0 rings (SSSR count). The second kappa shape index (κ2) is 20.8. The van der Waals surface area contributed by atoms with Crippen molar-refractivity contribution in [1.82, 2.24) is 0 Å². The van der Waals surface area contributed by atoms with Crippen molar-refractivity contribution in [2.24, 2.45) is 11.8 Å². The van der Waals surface area contributed by atoms with Gasteiger partial charge in [0.25, 0.3) is 0 Å². The Morgan fingerprint density at radius 3 is 1.97 bits per heavy atom. The SMILES string of the molecule is C=C(CCC/C=C/C=C/CCCCCCCCC[C@H](C)CC(C)C)C[C@H](S)CC. The van der Waals surface area contributed by atoms with E-state index in [0.29, 0.717) is 5.25 Å². The number of allylic oxidation sites excluding steroid dienone is 5. The highest BCUT2D eigenvalue weighted by Crippen LogP contribution is 2.19. The molecule has 2 atom stereocenters. The maximum Gasteiger partial charge on any atom is 0.00512 e. The van der Waals surface area contributed by atoms with Crippen molar-refractivity contribution in [2.75, 3.05) is 0 Å². The summed E-state index contributed by atoms with van der Waals surface area (Å²) in [4.78, 5) is 0. The van der Waals surface area contributed by atoms with E-state index >= 15 is 0 Å². The van der Waals surface area contributed by atoms with Gasteiger partial charge in [0.15, 0.2) is 0 Å². The fraction of sp³-hybridized carbons (Fsp3) is 0.786. The number of hydrogen-bond acceptors (Lipinski definition) is 1. The molecular weight excluding hydrogens is 368 g/mol. The number of hydrogen-bond donors (Lipinski definition) is 1. The van der Waals surface area contributed by atoms with Crippen molar-refractivity contribution in [2.45, 2.75) is 129 Å². The molecular formula is C28H52S. The van der Waals surface area contributed by atoms with Crippen LogP contribution in [0.15, 0.2) is 36.5 Å². The van der Waals surface area contributed by atoms with Gasteiger partial charge in [0.1, 0.15) is 0 Å². The molecule has 0 N–H and O–H groups in total. The quantitative estimate of drug-likeness (QED) is 0.0860. The van der Waals surface area contributed by atoms with Crippen LogP contribution in [0.5, 0.6) is 0 Å². The van der Waals surface area contributed by atoms with Gasteiger partial charge in [0.2, 0.25) is 0 Å². The fourth-order valence-corrected chi connectivity index (χ4v) is 4.22. The minimum atomic E-state index is 0.490. The first kappa shape index (κ1) is 28.6. The van der Waals surface area contributed by atoms with Gasteiger partial charge in [-0.2, -0.15) is 12.6 Å². The molecule has 0 aliphatic rings. The third kappa shape index (κ3) is 22.1. The van der Waals surface area contributed by atoms with Crippen molar-refractivity contribution >= 4 is 12.6 Å². The molecule has 0 heterocycles. The van der Waals surface area contributed by atoms with Gasteiger partial charge in [-0.25, -0.2) is 0 Å². The zero-order chi connectivity index (χ0) is 21.7. The molecule has 0 bridgehead atoms. The second-order valence-electron chi connectivity index (χ2n) is 9.55. The standard InChI is InChI=1S/C28H52S/c1-6-28(29)24-27(5)22-20-18-16-14-12-10-8-7-9-11-13-15-17-19-21-26(4)23-25(2)3/h10,12,14,16,25-26,28-29H,5-9,11,13,15,17-24H2,1-4H3/b12-10+,16-14+/t26-,28+/m0/s1. The summed E-state index contributed by atoms with van der Waals surface area (Å²) in [6, 6.07) is 0. The summed E-state index contributed by atoms with van der Waals surface area (Å²) in [5.74, 6) is 1.78. The van der Waals surface area contributed by atoms with Crippen molar-refractivity contribution < 1.29 is 0 Å². The molecule has 1 heteroatoms. The molecule has 0 aromatic rings. The van der Waals surface area contributed by atoms with Gasteiger partial charge < -0.3 is 0 Å². The predicted octanol–water partition coefficient (Wildman–Crippen LogP) is 10.1. The molecule has 0 aromatic heterocycles. The molecule has 0 radical (unpaired) electrons. The summed E-state index contributed by atoms with van der Waals surface area (Å²) in [7, 11) is 0. The summed E-state index contributed by atoms with van der Waals surface area (Å²) in [6.45, 7) is 13.5. The van der Waals surface area contributed by atoms with Gasteiger partial charge in [-0.3, -0.25) is 0 Å². The zero-order valence-electron chi connectivity index (χ0n) is 20.3. The smallest absolute Gasteiger partial charge is 0.00512 e. The molecule has 0 unspecified atom stereocenters. The van der Waals surface area contributed by atoms with Crippen LogP contribution < -0.4 is 0 Å². The topological polar surface area (TPSA) is 0 Å². The third-order valence-corrected chi connectivity index (χ3v) is 6.27. The number of unbranched alkanes of at least 4 members (excludes halogenated alkanes) is 8. The molecule has 170 valence electrons. The summed E-state index contributed by atoms with van der Waals surface area (Å²) in [6.07, 6.45) is 28.7. The molecule has 0 amide bonds. The summed E-state index contributed by atoms with van der Waals surface area (Å²) in [5, 5.41) is 0.490. The zero-order valence-corrected chi connectivity index (χ0v) is 21.2. The molecule has 0 spiro atoms. The van der Waals surface area contributed by atoms with Crippen molar-refractivity contribution in [3.8, 4) is 0 Å².